The molecule has 0 bridgehead atoms. The summed E-state index contributed by atoms with van der Waals surface area (Å²) in [7, 11) is 0. The second-order valence-electron chi connectivity index (χ2n) is 6.72. The van der Waals surface area contributed by atoms with Crippen LogP contribution in [0.25, 0.3) is 0 Å². The van der Waals surface area contributed by atoms with Crippen LogP contribution in [-0.4, -0.2) is 17.0 Å². The van der Waals surface area contributed by atoms with E-state index in [4.69, 9.17) is 10.8 Å². The van der Waals surface area contributed by atoms with E-state index in [1.165, 1.54) is 70.6 Å². The minimum atomic E-state index is -1.04. The first-order chi connectivity index (χ1) is 11.6. The van der Waals surface area contributed by atoms with Crippen LogP contribution in [0.3, 0.4) is 0 Å². The molecule has 0 fully saturated rings. The molecule has 4 nitrogen and oxygen atoms in total. The van der Waals surface area contributed by atoms with Crippen LogP contribution in [0.2, 0.25) is 0 Å². The first-order valence-electron chi connectivity index (χ1n) is 9.81. The number of carboxylic acids is 1. The van der Waals surface area contributed by atoms with Gasteiger partial charge in [-0.05, 0) is 12.8 Å². The van der Waals surface area contributed by atoms with Crippen LogP contribution in [0, 0.1) is 35.6 Å². The summed E-state index contributed by atoms with van der Waals surface area (Å²) in [5, 5.41) is 8.95. The van der Waals surface area contributed by atoms with Gasteiger partial charge in [-0.2, -0.15) is 0 Å². The molecule has 25 heavy (non-hydrogen) atoms. The molecule has 1 amide bonds. The third-order valence-electron chi connectivity index (χ3n) is 4.39. The molecule has 5 heteroatoms. The number of primary amides is 1. The van der Waals surface area contributed by atoms with Crippen LogP contribution >= 0.6 is 0 Å². The van der Waals surface area contributed by atoms with Gasteiger partial charge in [0.05, 0.1) is 0 Å². The molecule has 0 aliphatic carbocycles. The molecule has 0 aromatic rings. The molecule has 0 unspecified atom stereocenters. The van der Waals surface area contributed by atoms with Crippen molar-refractivity contribution in [2.24, 2.45) is 5.73 Å². The number of carbonyl (C=O) groups excluding carboxylic acids is 1. The van der Waals surface area contributed by atoms with Gasteiger partial charge in [-0.25, -0.2) is 4.79 Å². The van der Waals surface area contributed by atoms with Gasteiger partial charge in [0.15, 0.2) is 0 Å². The van der Waals surface area contributed by atoms with Gasteiger partial charge in [0.2, 0.25) is 5.91 Å². The molecule has 0 rings (SSSR count). The molecular formula is C20H37LaNO3. The Morgan fingerprint density at radius 3 is 1.44 bits per heavy atom. The summed E-state index contributed by atoms with van der Waals surface area (Å²) >= 11 is 0. The number of amides is 1. The smallest absolute Gasteiger partial charge is 0.331 e. The number of hydrogen-bond acceptors (Lipinski definition) is 2. The van der Waals surface area contributed by atoms with E-state index in [1.54, 1.807) is 0 Å². The molecular weight excluding hydrogens is 441 g/mol. The first kappa shape index (κ1) is 27.1. The van der Waals surface area contributed by atoms with Gasteiger partial charge in [0, 0.05) is 47.2 Å². The van der Waals surface area contributed by atoms with E-state index < -0.39 is 11.9 Å². The predicted molar refractivity (Wildman–Crippen MR) is 99.8 cm³/mol. The van der Waals surface area contributed by atoms with Crippen molar-refractivity contribution in [3.05, 3.63) is 11.6 Å². The van der Waals surface area contributed by atoms with Gasteiger partial charge in [-0.3, -0.25) is 4.79 Å². The quantitative estimate of drug-likeness (QED) is 0.218. The standard InChI is InChI=1S/C20H37NO3.La/c1-2-3-4-5-6-7-8-9-10-11-12-13-14-15-16-18(20(23)24)17-19(21)22;/h17H,2-16H2,1H3,(H2,21,22)(H,23,24);/b18-17-;. The molecule has 3 N–H and O–H groups in total. The van der Waals surface area contributed by atoms with Crippen LogP contribution < -0.4 is 5.73 Å². The zero-order valence-electron chi connectivity index (χ0n) is 16.1. The van der Waals surface area contributed by atoms with Crippen LogP contribution in [-0.2, 0) is 9.59 Å². The summed E-state index contributed by atoms with van der Waals surface area (Å²) < 4.78 is 0. The maximum atomic E-state index is 10.9. The Labute approximate surface area is 182 Å². The molecule has 0 aliphatic rings. The van der Waals surface area contributed by atoms with E-state index in [-0.39, 0.29) is 41.2 Å². The summed E-state index contributed by atoms with van der Waals surface area (Å²) in [5.41, 5.74) is 5.13. The Balaban J connectivity index is 0. The monoisotopic (exact) mass is 478 g/mol. The predicted octanol–water partition coefficient (Wildman–Crippen LogP) is 5.35. The molecule has 0 saturated carbocycles. The fraction of sp³-hybridized carbons (Fsp3) is 0.800. The third kappa shape index (κ3) is 20.0. The second kappa shape index (κ2) is 20.2. The minimum Gasteiger partial charge on any atom is -0.478 e. The normalized spacial score (nSPS) is 11.2. The van der Waals surface area contributed by atoms with Crippen molar-refractivity contribution >= 4 is 11.9 Å². The average molecular weight is 478 g/mol. The number of carboxylic acid groups (broad SMARTS) is 1. The Kier molecular flexibility index (Phi) is 21.9. The van der Waals surface area contributed by atoms with Gasteiger partial charge in [-0.1, -0.05) is 90.4 Å². The number of rotatable bonds is 17. The SMILES string of the molecule is CCCCCCCCCCCCCCCC/C(=C/C(N)=O)C(=O)O.[La]. The number of aliphatic carboxylic acids is 1. The fourth-order valence-corrected chi connectivity index (χ4v) is 2.92. The minimum absolute atomic E-state index is 0. The summed E-state index contributed by atoms with van der Waals surface area (Å²) in [6, 6.07) is 0. The van der Waals surface area contributed by atoms with Gasteiger partial charge < -0.3 is 10.8 Å². The zero-order valence-corrected chi connectivity index (χ0v) is 19.7. The van der Waals surface area contributed by atoms with Crippen LogP contribution in [0.4, 0.5) is 0 Å². The summed E-state index contributed by atoms with van der Waals surface area (Å²) in [6.45, 7) is 2.25. The van der Waals surface area contributed by atoms with E-state index in [9.17, 15) is 9.59 Å². The maximum Gasteiger partial charge on any atom is 0.331 e. The molecule has 0 saturated heterocycles. The van der Waals surface area contributed by atoms with Crippen LogP contribution in [0.1, 0.15) is 103 Å². The number of hydrogen-bond donors (Lipinski definition) is 2. The maximum absolute atomic E-state index is 10.9. The van der Waals surface area contributed by atoms with E-state index in [2.05, 4.69) is 6.92 Å². The Hall–Kier alpha value is -0.125. The molecule has 0 atom stereocenters. The van der Waals surface area contributed by atoms with E-state index >= 15 is 0 Å². The Bertz CT molecular complexity index is 370. The topological polar surface area (TPSA) is 80.4 Å². The van der Waals surface area contributed by atoms with Crippen molar-refractivity contribution in [1.82, 2.24) is 0 Å². The molecule has 1 radical (unpaired) electrons. The molecule has 0 aliphatic heterocycles. The Morgan fingerprint density at radius 2 is 1.12 bits per heavy atom. The summed E-state index contributed by atoms with van der Waals surface area (Å²) in [6.07, 6.45) is 19.2. The van der Waals surface area contributed by atoms with Gasteiger partial charge >= 0.3 is 5.97 Å². The molecule has 0 aromatic heterocycles. The van der Waals surface area contributed by atoms with Crippen molar-refractivity contribution in [2.45, 2.75) is 103 Å². The van der Waals surface area contributed by atoms with Crippen molar-refractivity contribution in [3.8, 4) is 0 Å². The van der Waals surface area contributed by atoms with E-state index in [0.29, 0.717) is 6.42 Å². The van der Waals surface area contributed by atoms with Crippen LogP contribution in [0.15, 0.2) is 11.6 Å². The van der Waals surface area contributed by atoms with E-state index in [0.717, 1.165) is 25.3 Å². The summed E-state index contributed by atoms with van der Waals surface area (Å²) in [5.74, 6) is -1.72. The molecule has 0 heterocycles. The van der Waals surface area contributed by atoms with Crippen molar-refractivity contribution in [1.29, 1.82) is 0 Å². The molecule has 143 valence electrons. The average Bonchev–Trinajstić information content (AvgIpc) is 2.53. The largest absolute Gasteiger partial charge is 0.478 e. The zero-order chi connectivity index (χ0) is 18.0. The van der Waals surface area contributed by atoms with Gasteiger partial charge in [0.1, 0.15) is 0 Å². The molecule has 0 aromatic carbocycles. The number of unbranched alkanes of at least 4 members (excludes halogenated alkanes) is 13. The van der Waals surface area contributed by atoms with Crippen molar-refractivity contribution in [3.63, 3.8) is 0 Å². The van der Waals surface area contributed by atoms with Gasteiger partial charge in [-0.15, -0.1) is 0 Å². The number of nitrogens with two attached hydrogens (primary N) is 1. The summed E-state index contributed by atoms with van der Waals surface area (Å²) in [4.78, 5) is 21.7. The van der Waals surface area contributed by atoms with E-state index in [1.807, 2.05) is 0 Å². The fourth-order valence-electron chi connectivity index (χ4n) is 2.92. The third-order valence-corrected chi connectivity index (χ3v) is 4.39. The Morgan fingerprint density at radius 1 is 0.760 bits per heavy atom. The van der Waals surface area contributed by atoms with Crippen molar-refractivity contribution < 1.29 is 50.3 Å². The first-order valence-corrected chi connectivity index (χ1v) is 9.81. The number of carbonyl (C=O) groups is 2. The van der Waals surface area contributed by atoms with Crippen LogP contribution in [0.5, 0.6) is 0 Å². The van der Waals surface area contributed by atoms with Crippen molar-refractivity contribution in [2.75, 3.05) is 0 Å². The van der Waals surface area contributed by atoms with Gasteiger partial charge in [0.25, 0.3) is 0 Å². The molecule has 0 spiro atoms. The second-order valence-corrected chi connectivity index (χ2v) is 6.72.